The fourth-order valence-corrected chi connectivity index (χ4v) is 9.23. The number of anilines is 1. The van der Waals surface area contributed by atoms with Gasteiger partial charge in [-0.1, -0.05) is 121 Å². The van der Waals surface area contributed by atoms with Crippen LogP contribution in [0.25, 0.3) is 32.3 Å². The molecule has 6 nitrogen and oxygen atoms in total. The molecule has 0 saturated heterocycles. The number of aliphatic carboxylic acids is 1. The highest BCUT2D eigenvalue weighted by atomic mass is 16.5. The first kappa shape index (κ1) is 35.7. The topological polar surface area (TPSA) is 69.8 Å². The summed E-state index contributed by atoms with van der Waals surface area (Å²) in [7, 11) is 0. The molecule has 55 heavy (non-hydrogen) atoms. The maximum Gasteiger partial charge on any atom is 0.305 e. The molecule has 2 heterocycles. The number of hydrogen-bond donors (Lipinski definition) is 1. The summed E-state index contributed by atoms with van der Waals surface area (Å²) in [4.78, 5) is 25.5. The molecule has 6 aromatic carbocycles. The monoisotopic (exact) mass is 725 g/mol. The molecule has 274 valence electrons. The SMILES string of the molecule is CC1(C)C(/C=C/C=C/C=C2\N(CCC(=O)O)c3c(c4ccccc4c4ccccc34)C2(C)Cc2ccccc2)=[N+](CCOC=O)c2ccc3ccccc3c21. The van der Waals surface area contributed by atoms with Crippen molar-refractivity contribution in [3.63, 3.8) is 0 Å². The molecule has 0 amide bonds. The number of ether oxygens (including phenoxy) is 1. The molecule has 0 fully saturated rings. The van der Waals surface area contributed by atoms with Crippen molar-refractivity contribution >= 4 is 61.8 Å². The van der Waals surface area contributed by atoms with E-state index in [1.165, 1.54) is 38.2 Å². The molecular formula is C49H45N2O4+. The molecule has 0 radical (unpaired) electrons. The second-order valence-electron chi connectivity index (χ2n) is 15.2. The Morgan fingerprint density at radius 1 is 0.745 bits per heavy atom. The average Bonchev–Trinajstić information content (AvgIpc) is 3.57. The Bertz CT molecular complexity index is 2600. The van der Waals surface area contributed by atoms with Crippen molar-refractivity contribution in [2.45, 2.75) is 44.4 Å². The molecule has 0 aliphatic carbocycles. The van der Waals surface area contributed by atoms with Gasteiger partial charge >= 0.3 is 5.97 Å². The maximum atomic E-state index is 12.1. The summed E-state index contributed by atoms with van der Waals surface area (Å²) in [6.45, 7) is 8.49. The van der Waals surface area contributed by atoms with Crippen molar-refractivity contribution in [2.24, 2.45) is 0 Å². The van der Waals surface area contributed by atoms with Gasteiger partial charge in [0, 0.05) is 40.7 Å². The smallest absolute Gasteiger partial charge is 0.305 e. The van der Waals surface area contributed by atoms with Crippen molar-refractivity contribution < 1.29 is 24.0 Å². The van der Waals surface area contributed by atoms with E-state index in [0.29, 0.717) is 19.6 Å². The first-order valence-electron chi connectivity index (χ1n) is 19.0. The van der Waals surface area contributed by atoms with Gasteiger partial charge < -0.3 is 14.7 Å². The van der Waals surface area contributed by atoms with Gasteiger partial charge in [-0.05, 0) is 77.4 Å². The Morgan fingerprint density at radius 3 is 2.13 bits per heavy atom. The lowest BCUT2D eigenvalue weighted by molar-refractivity contribution is -0.440. The Hall–Kier alpha value is -6.27. The van der Waals surface area contributed by atoms with Gasteiger partial charge in [0.25, 0.3) is 6.47 Å². The predicted molar refractivity (Wildman–Crippen MR) is 224 cm³/mol. The minimum Gasteiger partial charge on any atom is -0.481 e. The van der Waals surface area contributed by atoms with E-state index in [-0.39, 0.29) is 18.4 Å². The van der Waals surface area contributed by atoms with Crippen molar-refractivity contribution in [3.05, 3.63) is 168 Å². The zero-order valence-electron chi connectivity index (χ0n) is 31.5. The number of allylic oxidation sites excluding steroid dienone is 6. The predicted octanol–water partition coefficient (Wildman–Crippen LogP) is 10.2. The summed E-state index contributed by atoms with van der Waals surface area (Å²) in [5, 5.41) is 17.0. The lowest BCUT2D eigenvalue weighted by Crippen LogP contribution is -2.32. The van der Waals surface area contributed by atoms with E-state index < -0.39 is 11.4 Å². The molecule has 0 spiro atoms. The van der Waals surface area contributed by atoms with Gasteiger partial charge in [0.2, 0.25) is 5.69 Å². The summed E-state index contributed by atoms with van der Waals surface area (Å²) in [5.74, 6) is -0.825. The van der Waals surface area contributed by atoms with Crippen molar-refractivity contribution in [3.8, 4) is 0 Å². The normalized spacial score (nSPS) is 18.3. The number of fused-ring (bicyclic) bond motifs is 9. The van der Waals surface area contributed by atoms with Crippen LogP contribution in [0.4, 0.5) is 11.4 Å². The Morgan fingerprint density at radius 2 is 1.40 bits per heavy atom. The van der Waals surface area contributed by atoms with Crippen LogP contribution >= 0.6 is 0 Å². The lowest BCUT2D eigenvalue weighted by atomic mass is 9.74. The number of hydrogen-bond acceptors (Lipinski definition) is 4. The van der Waals surface area contributed by atoms with Crippen molar-refractivity contribution in [2.75, 3.05) is 24.6 Å². The third-order valence-electron chi connectivity index (χ3n) is 11.5. The molecule has 6 heteroatoms. The molecule has 2 aliphatic rings. The van der Waals surface area contributed by atoms with E-state index in [0.717, 1.165) is 40.0 Å². The quantitative estimate of drug-likeness (QED) is 0.0447. The minimum absolute atomic E-state index is 0.00919. The van der Waals surface area contributed by atoms with Gasteiger partial charge in [-0.3, -0.25) is 9.59 Å². The van der Waals surface area contributed by atoms with Crippen LogP contribution in [0.3, 0.4) is 0 Å². The molecule has 8 rings (SSSR count). The number of nitrogens with zero attached hydrogens (tertiary/aromatic N) is 2. The second-order valence-corrected chi connectivity index (χ2v) is 15.2. The minimum atomic E-state index is -0.825. The van der Waals surface area contributed by atoms with Crippen LogP contribution < -0.4 is 4.90 Å². The third kappa shape index (κ3) is 6.21. The van der Waals surface area contributed by atoms with E-state index in [4.69, 9.17) is 4.74 Å². The van der Waals surface area contributed by atoms with Crippen LogP contribution in [0.2, 0.25) is 0 Å². The lowest BCUT2D eigenvalue weighted by Gasteiger charge is -2.31. The first-order valence-corrected chi connectivity index (χ1v) is 19.0. The largest absolute Gasteiger partial charge is 0.481 e. The maximum absolute atomic E-state index is 12.1. The molecule has 0 aromatic heterocycles. The number of carboxylic acids is 1. The summed E-state index contributed by atoms with van der Waals surface area (Å²) in [5.41, 5.74) is 7.33. The fourth-order valence-electron chi connectivity index (χ4n) is 9.23. The van der Waals surface area contributed by atoms with E-state index >= 15 is 0 Å². The van der Waals surface area contributed by atoms with E-state index in [2.05, 4.69) is 170 Å². The zero-order valence-corrected chi connectivity index (χ0v) is 31.5. The second kappa shape index (κ2) is 14.5. The van der Waals surface area contributed by atoms with Gasteiger partial charge in [0.1, 0.15) is 6.61 Å². The Balaban J connectivity index is 1.25. The van der Waals surface area contributed by atoms with Crippen molar-refractivity contribution in [1.29, 1.82) is 0 Å². The number of carbonyl (C=O) groups excluding carboxylic acids is 1. The van der Waals surface area contributed by atoms with E-state index in [1.807, 2.05) is 6.07 Å². The Labute approximate surface area is 322 Å². The molecule has 0 bridgehead atoms. The van der Waals surface area contributed by atoms with E-state index in [1.54, 1.807) is 0 Å². The summed E-state index contributed by atoms with van der Waals surface area (Å²) in [6.07, 6.45) is 11.3. The van der Waals surface area contributed by atoms with Crippen LogP contribution in [0, 0.1) is 0 Å². The van der Waals surface area contributed by atoms with Crippen LogP contribution in [0.1, 0.15) is 43.9 Å². The number of benzene rings is 6. The van der Waals surface area contributed by atoms with Gasteiger partial charge in [-0.2, -0.15) is 4.58 Å². The molecule has 6 aromatic rings. The highest BCUT2D eigenvalue weighted by Crippen LogP contribution is 2.56. The van der Waals surface area contributed by atoms with Gasteiger partial charge in [0.15, 0.2) is 12.3 Å². The van der Waals surface area contributed by atoms with Gasteiger partial charge in [-0.25, -0.2) is 0 Å². The first-order chi connectivity index (χ1) is 26.7. The molecular weight excluding hydrogens is 681 g/mol. The highest BCUT2D eigenvalue weighted by molar-refractivity contribution is 6.17. The molecule has 2 aliphatic heterocycles. The van der Waals surface area contributed by atoms with Crippen LogP contribution in [0.5, 0.6) is 0 Å². The summed E-state index contributed by atoms with van der Waals surface area (Å²) < 4.78 is 7.44. The molecule has 1 unspecified atom stereocenters. The van der Waals surface area contributed by atoms with Gasteiger partial charge in [-0.15, -0.1) is 0 Å². The third-order valence-corrected chi connectivity index (χ3v) is 11.5. The molecule has 1 N–H and O–H groups in total. The Kier molecular flexibility index (Phi) is 9.44. The summed E-state index contributed by atoms with van der Waals surface area (Å²) >= 11 is 0. The van der Waals surface area contributed by atoms with E-state index in [9.17, 15) is 14.7 Å². The average molecular weight is 726 g/mol. The molecule has 0 saturated carbocycles. The zero-order chi connectivity index (χ0) is 38.2. The molecule has 1 atom stereocenters. The van der Waals surface area contributed by atoms with Crippen LogP contribution in [-0.4, -0.2) is 47.5 Å². The highest BCUT2D eigenvalue weighted by Gasteiger charge is 2.47. The number of carbonyl (C=O) groups is 2. The standard InChI is InChI=1S/C49H44N2O4/c1-48(2)42(50(30-31-55-33-52)41-27-26-35-18-10-11-19-36(35)45(41)48)24-8-5-9-25-43-49(3,32-34-16-6-4-7-17-34)46-39-22-14-12-20-37(39)38-21-13-15-23-40(38)47(46)51(43)29-28-44(53)54/h4-27,33H,28-32H2,1-3H3/p+1. The van der Waals surface area contributed by atoms with Gasteiger partial charge in [0.05, 0.1) is 17.5 Å². The number of rotatable bonds is 12. The van der Waals surface area contributed by atoms with Crippen molar-refractivity contribution in [1.82, 2.24) is 0 Å². The number of carboxylic acid groups (broad SMARTS) is 1. The summed E-state index contributed by atoms with van der Waals surface area (Å²) in [6, 6.07) is 40.5. The van der Waals surface area contributed by atoms with Crippen LogP contribution in [-0.2, 0) is 31.6 Å². The van der Waals surface area contributed by atoms with Crippen LogP contribution in [0.15, 0.2) is 151 Å². The fraction of sp³-hybridized carbons (Fsp3) is 0.204.